The predicted molar refractivity (Wildman–Crippen MR) is 61.0 cm³/mol. The van der Waals surface area contributed by atoms with Gasteiger partial charge in [-0.2, -0.15) is 9.78 Å². The van der Waals surface area contributed by atoms with E-state index >= 15 is 0 Å². The van der Waals surface area contributed by atoms with Crippen LogP contribution in [-0.4, -0.2) is 14.9 Å². The monoisotopic (exact) mass is 272 g/mol. The first-order valence-electron chi connectivity index (χ1n) is 4.86. The summed E-state index contributed by atoms with van der Waals surface area (Å²) in [4.78, 5) is 11.6. The van der Waals surface area contributed by atoms with Gasteiger partial charge in [-0.25, -0.2) is 8.78 Å². The second-order valence-corrected chi connectivity index (χ2v) is 3.72. The SMILES string of the molecule is O=c1cc(O)c(CCl)nn1-c1cc(F)ccc1F. The van der Waals surface area contributed by atoms with E-state index in [2.05, 4.69) is 5.10 Å². The van der Waals surface area contributed by atoms with Crippen LogP contribution in [0.2, 0.25) is 0 Å². The van der Waals surface area contributed by atoms with Crippen LogP contribution >= 0.6 is 11.6 Å². The van der Waals surface area contributed by atoms with Gasteiger partial charge in [0.25, 0.3) is 5.56 Å². The average Bonchev–Trinajstić information content (AvgIpc) is 2.33. The van der Waals surface area contributed by atoms with Crippen molar-refractivity contribution in [2.24, 2.45) is 0 Å². The number of hydrogen-bond acceptors (Lipinski definition) is 3. The molecule has 94 valence electrons. The van der Waals surface area contributed by atoms with Gasteiger partial charge >= 0.3 is 0 Å². The number of aromatic hydroxyl groups is 1. The summed E-state index contributed by atoms with van der Waals surface area (Å²) < 4.78 is 27.2. The molecule has 0 saturated heterocycles. The molecule has 4 nitrogen and oxygen atoms in total. The van der Waals surface area contributed by atoms with E-state index in [0.29, 0.717) is 4.68 Å². The molecule has 0 fully saturated rings. The Bertz CT molecular complexity index is 658. The summed E-state index contributed by atoms with van der Waals surface area (Å²) in [5, 5.41) is 13.0. The molecule has 2 rings (SSSR count). The maximum atomic E-state index is 13.5. The van der Waals surface area contributed by atoms with Crippen molar-refractivity contribution in [3.63, 3.8) is 0 Å². The molecule has 2 aromatic rings. The summed E-state index contributed by atoms with van der Waals surface area (Å²) in [5.41, 5.74) is -1.13. The van der Waals surface area contributed by atoms with Crippen LogP contribution in [0.5, 0.6) is 5.75 Å². The van der Waals surface area contributed by atoms with Crippen molar-refractivity contribution in [1.29, 1.82) is 0 Å². The van der Waals surface area contributed by atoms with Crippen LogP contribution in [0, 0.1) is 11.6 Å². The zero-order valence-corrected chi connectivity index (χ0v) is 9.66. The summed E-state index contributed by atoms with van der Waals surface area (Å²) in [5.74, 6) is -2.07. The largest absolute Gasteiger partial charge is 0.506 e. The molecule has 0 radical (unpaired) electrons. The highest BCUT2D eigenvalue weighted by Gasteiger charge is 2.12. The number of hydrogen-bond donors (Lipinski definition) is 1. The van der Waals surface area contributed by atoms with Gasteiger partial charge in [-0.15, -0.1) is 11.6 Å². The topological polar surface area (TPSA) is 55.1 Å². The summed E-state index contributed by atoms with van der Waals surface area (Å²) in [6, 6.07) is 3.48. The molecule has 18 heavy (non-hydrogen) atoms. The number of rotatable bonds is 2. The molecule has 0 atom stereocenters. The van der Waals surface area contributed by atoms with Crippen molar-refractivity contribution >= 4 is 11.6 Å². The molecule has 0 amide bonds. The van der Waals surface area contributed by atoms with Crippen LogP contribution in [0.1, 0.15) is 5.69 Å². The van der Waals surface area contributed by atoms with E-state index in [0.717, 1.165) is 24.3 Å². The average molecular weight is 273 g/mol. The summed E-state index contributed by atoms with van der Waals surface area (Å²) >= 11 is 5.51. The van der Waals surface area contributed by atoms with Crippen molar-refractivity contribution < 1.29 is 13.9 Å². The summed E-state index contributed by atoms with van der Waals surface area (Å²) in [6.07, 6.45) is 0. The molecule has 0 saturated carbocycles. The van der Waals surface area contributed by atoms with Gasteiger partial charge < -0.3 is 5.11 Å². The minimum atomic E-state index is -0.808. The lowest BCUT2D eigenvalue weighted by atomic mass is 10.3. The summed E-state index contributed by atoms with van der Waals surface area (Å²) in [6.45, 7) is 0. The molecule has 0 unspecified atom stereocenters. The molecular weight excluding hydrogens is 266 g/mol. The highest BCUT2D eigenvalue weighted by atomic mass is 35.5. The van der Waals surface area contributed by atoms with Gasteiger partial charge in [-0.1, -0.05) is 0 Å². The van der Waals surface area contributed by atoms with E-state index in [1.54, 1.807) is 0 Å². The number of benzene rings is 1. The second kappa shape index (κ2) is 4.73. The number of nitrogens with zero attached hydrogens (tertiary/aromatic N) is 2. The third kappa shape index (κ3) is 2.19. The Morgan fingerprint density at radius 3 is 2.72 bits per heavy atom. The van der Waals surface area contributed by atoms with Gasteiger partial charge in [0.2, 0.25) is 0 Å². The van der Waals surface area contributed by atoms with Gasteiger partial charge in [-0.3, -0.25) is 4.79 Å². The number of alkyl halides is 1. The molecule has 1 aromatic carbocycles. The van der Waals surface area contributed by atoms with Gasteiger partial charge in [0.05, 0.1) is 5.88 Å². The Hall–Kier alpha value is -1.95. The Morgan fingerprint density at radius 1 is 1.33 bits per heavy atom. The Labute approximate surface area is 105 Å². The smallest absolute Gasteiger partial charge is 0.275 e. The van der Waals surface area contributed by atoms with E-state index < -0.39 is 17.2 Å². The van der Waals surface area contributed by atoms with Crippen molar-refractivity contribution in [1.82, 2.24) is 9.78 Å². The Morgan fingerprint density at radius 2 is 2.06 bits per heavy atom. The Kier molecular flexibility index (Phi) is 3.29. The van der Waals surface area contributed by atoms with Crippen molar-refractivity contribution in [2.45, 2.75) is 5.88 Å². The quantitative estimate of drug-likeness (QED) is 0.850. The van der Waals surface area contributed by atoms with Gasteiger partial charge in [0, 0.05) is 12.1 Å². The fourth-order valence-corrected chi connectivity index (χ4v) is 1.59. The fraction of sp³-hybridized carbons (Fsp3) is 0.0909. The minimum Gasteiger partial charge on any atom is -0.506 e. The standard InChI is InChI=1S/C11H7ClF2N2O2/c12-5-8-10(17)4-11(18)16(15-8)9-3-6(13)1-2-7(9)14/h1-4,17H,5H2. The fourth-order valence-electron chi connectivity index (χ4n) is 1.40. The first-order valence-corrected chi connectivity index (χ1v) is 5.40. The lowest BCUT2D eigenvalue weighted by Gasteiger charge is -2.08. The van der Waals surface area contributed by atoms with Crippen LogP contribution in [0.25, 0.3) is 5.69 Å². The van der Waals surface area contributed by atoms with Crippen molar-refractivity contribution in [2.75, 3.05) is 0 Å². The third-order valence-corrected chi connectivity index (χ3v) is 2.50. The molecule has 0 aliphatic heterocycles. The molecular formula is C11H7ClF2N2O2. The maximum absolute atomic E-state index is 13.5. The molecule has 7 heteroatoms. The van der Waals surface area contributed by atoms with Crippen LogP contribution in [-0.2, 0) is 5.88 Å². The molecule has 1 N–H and O–H groups in total. The molecule has 0 bridgehead atoms. The first kappa shape index (κ1) is 12.5. The van der Waals surface area contributed by atoms with Crippen molar-refractivity contribution in [3.8, 4) is 11.4 Å². The zero-order chi connectivity index (χ0) is 13.3. The normalized spacial score (nSPS) is 10.6. The van der Waals surface area contributed by atoms with E-state index in [4.69, 9.17) is 11.6 Å². The lowest BCUT2D eigenvalue weighted by molar-refractivity contribution is 0.459. The van der Waals surface area contributed by atoms with E-state index in [1.807, 2.05) is 0 Å². The van der Waals surface area contributed by atoms with E-state index in [1.165, 1.54) is 0 Å². The molecule has 1 heterocycles. The van der Waals surface area contributed by atoms with Crippen LogP contribution in [0.3, 0.4) is 0 Å². The zero-order valence-electron chi connectivity index (χ0n) is 8.90. The maximum Gasteiger partial charge on any atom is 0.275 e. The lowest BCUT2D eigenvalue weighted by Crippen LogP contribution is -2.22. The minimum absolute atomic E-state index is 0.0000668. The second-order valence-electron chi connectivity index (χ2n) is 3.46. The van der Waals surface area contributed by atoms with Gasteiger partial charge in [0.15, 0.2) is 0 Å². The third-order valence-electron chi connectivity index (χ3n) is 2.25. The van der Waals surface area contributed by atoms with E-state index in [-0.39, 0.29) is 23.0 Å². The molecule has 0 aliphatic carbocycles. The van der Waals surface area contributed by atoms with Gasteiger partial charge in [-0.05, 0) is 12.1 Å². The highest BCUT2D eigenvalue weighted by molar-refractivity contribution is 6.17. The summed E-state index contributed by atoms with van der Waals surface area (Å²) in [7, 11) is 0. The molecule has 0 aliphatic rings. The van der Waals surface area contributed by atoms with E-state index in [9.17, 15) is 18.7 Å². The number of aromatic nitrogens is 2. The highest BCUT2D eigenvalue weighted by Crippen LogP contribution is 2.16. The Balaban J connectivity index is 2.71. The molecule has 1 aromatic heterocycles. The van der Waals surface area contributed by atoms with Crippen LogP contribution < -0.4 is 5.56 Å². The van der Waals surface area contributed by atoms with Gasteiger partial charge in [0.1, 0.15) is 28.8 Å². The predicted octanol–water partition coefficient (Wildman–Crippen LogP) is 1.96. The van der Waals surface area contributed by atoms with Crippen molar-refractivity contribution in [3.05, 3.63) is 51.9 Å². The molecule has 0 spiro atoms. The van der Waals surface area contributed by atoms with Crippen LogP contribution in [0.15, 0.2) is 29.1 Å². The number of halogens is 3. The first-order chi connectivity index (χ1) is 8.52. The van der Waals surface area contributed by atoms with Crippen LogP contribution in [0.4, 0.5) is 8.78 Å².